The number of phenols is 1. The summed E-state index contributed by atoms with van der Waals surface area (Å²) < 4.78 is 80.7. The molecule has 0 radical (unpaired) electrons. The van der Waals surface area contributed by atoms with Crippen LogP contribution in [0.2, 0.25) is 0 Å². The number of ether oxygens (including phenoxy) is 1. The highest BCUT2D eigenvalue weighted by atomic mass is 32.2. The standard InChI is InChI=1S/C35H45F5O4S/c1-32-17-15-24-21-25(41)9-12-27(24)31(32)28(22-33(2)29(32)13-14-30(33)42)23-7-10-26(11-8-23)44-18-4-3-5-19-45(43)20-6-16-34(36,37)35(38,39)40/h7-12,21,28-31,41-42H,3-6,13-20,22H2,1-2H3/t28-,29+,30+,31+,32+,33+,45?/m1/s1. The van der Waals surface area contributed by atoms with Crippen molar-refractivity contribution < 1.29 is 41.5 Å². The number of alkyl halides is 5. The molecule has 250 valence electrons. The number of rotatable bonds is 12. The van der Waals surface area contributed by atoms with Gasteiger partial charge in [-0.05, 0) is 127 Å². The molecule has 4 nitrogen and oxygen atoms in total. The number of hydrogen-bond donors (Lipinski definition) is 2. The van der Waals surface area contributed by atoms with E-state index in [4.69, 9.17) is 4.74 Å². The summed E-state index contributed by atoms with van der Waals surface area (Å²) in [6.45, 7) is 5.15. The van der Waals surface area contributed by atoms with Crippen LogP contribution < -0.4 is 4.74 Å². The highest BCUT2D eigenvalue weighted by Crippen LogP contribution is 2.70. The van der Waals surface area contributed by atoms with Crippen LogP contribution in [-0.2, 0) is 17.6 Å². The molecular formula is C35H45F5O4S. The Morgan fingerprint density at radius 1 is 0.933 bits per heavy atom. The van der Waals surface area contributed by atoms with Gasteiger partial charge in [0.2, 0.25) is 0 Å². The lowest BCUT2D eigenvalue weighted by atomic mass is 9.44. The van der Waals surface area contributed by atoms with Crippen LogP contribution in [0.1, 0.15) is 100 Å². The summed E-state index contributed by atoms with van der Waals surface area (Å²) in [5.74, 6) is -2.67. The Bertz CT molecular complexity index is 1300. The molecule has 7 atom stereocenters. The zero-order valence-electron chi connectivity index (χ0n) is 26.1. The van der Waals surface area contributed by atoms with Crippen LogP contribution in [0.3, 0.4) is 0 Å². The normalized spacial score (nSPS) is 30.3. The molecular weight excluding hydrogens is 611 g/mol. The smallest absolute Gasteiger partial charge is 0.453 e. The fourth-order valence-electron chi connectivity index (χ4n) is 8.82. The number of aliphatic hydroxyl groups is 1. The van der Waals surface area contributed by atoms with Gasteiger partial charge in [0.15, 0.2) is 0 Å². The Kier molecular flexibility index (Phi) is 10.1. The molecule has 10 heteroatoms. The van der Waals surface area contributed by atoms with E-state index in [1.54, 1.807) is 6.07 Å². The fourth-order valence-corrected chi connectivity index (χ4v) is 10.0. The number of aliphatic hydroxyl groups excluding tert-OH is 1. The maximum absolute atomic E-state index is 13.0. The van der Waals surface area contributed by atoms with Gasteiger partial charge in [-0.2, -0.15) is 22.0 Å². The van der Waals surface area contributed by atoms with Crippen molar-refractivity contribution in [1.29, 1.82) is 0 Å². The molecule has 0 saturated heterocycles. The summed E-state index contributed by atoms with van der Waals surface area (Å²) >= 11 is -1.43. The highest BCUT2D eigenvalue weighted by Gasteiger charge is 2.63. The molecule has 2 N–H and O–H groups in total. The minimum Gasteiger partial charge on any atom is -0.616 e. The van der Waals surface area contributed by atoms with Crippen LogP contribution in [-0.4, -0.2) is 51.1 Å². The number of phenolic OH excluding ortho intramolecular Hbond substituents is 1. The molecule has 45 heavy (non-hydrogen) atoms. The van der Waals surface area contributed by atoms with Gasteiger partial charge in [-0.1, -0.05) is 43.2 Å². The van der Waals surface area contributed by atoms with Crippen LogP contribution in [0.15, 0.2) is 42.5 Å². The van der Waals surface area contributed by atoms with Gasteiger partial charge >= 0.3 is 12.1 Å². The third-order valence-corrected chi connectivity index (χ3v) is 12.6. The minimum atomic E-state index is -5.57. The van der Waals surface area contributed by atoms with Gasteiger partial charge in [0.25, 0.3) is 0 Å². The van der Waals surface area contributed by atoms with E-state index in [1.165, 1.54) is 16.7 Å². The van der Waals surface area contributed by atoms with Gasteiger partial charge in [-0.3, -0.25) is 0 Å². The molecule has 3 aliphatic rings. The summed E-state index contributed by atoms with van der Waals surface area (Å²) in [6.07, 6.45) is -0.943. The van der Waals surface area contributed by atoms with Crippen molar-refractivity contribution in [2.75, 3.05) is 18.1 Å². The first-order valence-corrected chi connectivity index (χ1v) is 17.7. The van der Waals surface area contributed by atoms with E-state index in [0.717, 1.165) is 37.9 Å². The topological polar surface area (TPSA) is 72.8 Å². The summed E-state index contributed by atoms with van der Waals surface area (Å²) in [6, 6.07) is 14.0. The largest absolute Gasteiger partial charge is 0.616 e. The van der Waals surface area contributed by atoms with Crippen molar-refractivity contribution in [3.63, 3.8) is 0 Å². The van der Waals surface area contributed by atoms with E-state index >= 15 is 0 Å². The average Bonchev–Trinajstić information content (AvgIpc) is 3.28. The molecule has 2 aromatic rings. The monoisotopic (exact) mass is 656 g/mol. The summed E-state index contributed by atoms with van der Waals surface area (Å²) in [4.78, 5) is 0. The van der Waals surface area contributed by atoms with E-state index in [0.29, 0.717) is 37.5 Å². The zero-order chi connectivity index (χ0) is 32.6. The minimum absolute atomic E-state index is 0.0338. The van der Waals surface area contributed by atoms with Gasteiger partial charge in [0, 0.05) is 6.42 Å². The van der Waals surface area contributed by atoms with Crippen LogP contribution in [0.5, 0.6) is 11.5 Å². The quantitative estimate of drug-likeness (QED) is 0.136. The van der Waals surface area contributed by atoms with Gasteiger partial charge in [-0.15, -0.1) is 0 Å². The second kappa shape index (κ2) is 13.2. The van der Waals surface area contributed by atoms with Crippen LogP contribution >= 0.6 is 0 Å². The molecule has 0 amide bonds. The van der Waals surface area contributed by atoms with Crippen LogP contribution in [0.25, 0.3) is 0 Å². The Hall–Kier alpha value is -2.04. The Balaban J connectivity index is 1.15. The third kappa shape index (κ3) is 6.98. The molecule has 3 aliphatic carbocycles. The number of aromatic hydroxyl groups is 1. The Morgan fingerprint density at radius 2 is 1.64 bits per heavy atom. The maximum Gasteiger partial charge on any atom is 0.453 e. The number of unbranched alkanes of at least 4 members (excludes halogenated alkanes) is 2. The van der Waals surface area contributed by atoms with Crippen molar-refractivity contribution in [2.24, 2.45) is 16.7 Å². The molecule has 0 spiro atoms. The highest BCUT2D eigenvalue weighted by molar-refractivity contribution is 7.91. The lowest BCUT2D eigenvalue weighted by Gasteiger charge is -2.60. The van der Waals surface area contributed by atoms with Crippen molar-refractivity contribution in [1.82, 2.24) is 0 Å². The molecule has 0 aromatic heterocycles. The van der Waals surface area contributed by atoms with Crippen molar-refractivity contribution in [3.8, 4) is 11.5 Å². The van der Waals surface area contributed by atoms with E-state index in [9.17, 15) is 36.7 Å². The molecule has 0 aliphatic heterocycles. The van der Waals surface area contributed by atoms with Crippen molar-refractivity contribution in [2.45, 2.75) is 108 Å². The van der Waals surface area contributed by atoms with Gasteiger partial charge in [0.05, 0.1) is 12.7 Å². The molecule has 2 fully saturated rings. The Labute approximate surface area is 265 Å². The molecule has 1 unspecified atom stereocenters. The molecule has 2 saturated carbocycles. The predicted octanol–water partition coefficient (Wildman–Crippen LogP) is 8.67. The first-order valence-electron chi connectivity index (χ1n) is 16.2. The molecule has 0 bridgehead atoms. The number of aryl methyl sites for hydroxylation is 1. The van der Waals surface area contributed by atoms with Gasteiger partial charge in [0.1, 0.15) is 23.0 Å². The zero-order valence-corrected chi connectivity index (χ0v) is 26.9. The SMILES string of the molecule is C[C@]12C[C@H](c3ccc(OCCCCC[S+]([O-])CCCC(F)(F)C(F)(F)F)cc3)[C@@H]3c4ccc(O)cc4CC[C@@]3(C)[C@@H]1CC[C@@H]2O. The van der Waals surface area contributed by atoms with Crippen LogP contribution in [0.4, 0.5) is 22.0 Å². The van der Waals surface area contributed by atoms with Gasteiger partial charge < -0.3 is 19.5 Å². The number of halogens is 5. The van der Waals surface area contributed by atoms with Crippen molar-refractivity contribution >= 4 is 11.2 Å². The van der Waals surface area contributed by atoms with E-state index in [1.807, 2.05) is 18.2 Å². The lowest BCUT2D eigenvalue weighted by Crippen LogP contribution is -2.52. The Morgan fingerprint density at radius 3 is 2.36 bits per heavy atom. The van der Waals surface area contributed by atoms with E-state index < -0.39 is 36.1 Å². The first kappa shape index (κ1) is 34.3. The average molecular weight is 657 g/mol. The lowest BCUT2D eigenvalue weighted by molar-refractivity contribution is -0.284. The van der Waals surface area contributed by atoms with Gasteiger partial charge in [-0.25, -0.2) is 0 Å². The second-order valence-corrected chi connectivity index (χ2v) is 15.7. The molecule has 0 heterocycles. The number of hydrogen-bond acceptors (Lipinski definition) is 4. The summed E-state index contributed by atoms with van der Waals surface area (Å²) in [7, 11) is 0. The van der Waals surface area contributed by atoms with Crippen molar-refractivity contribution in [3.05, 3.63) is 59.2 Å². The molecule has 2 aromatic carbocycles. The molecule has 5 rings (SSSR count). The summed E-state index contributed by atoms with van der Waals surface area (Å²) in [5.41, 5.74) is 3.63. The maximum atomic E-state index is 13.0. The van der Waals surface area contributed by atoms with Crippen LogP contribution in [0, 0.1) is 16.7 Å². The predicted molar refractivity (Wildman–Crippen MR) is 165 cm³/mol. The first-order chi connectivity index (χ1) is 21.2. The summed E-state index contributed by atoms with van der Waals surface area (Å²) in [5, 5.41) is 21.4. The third-order valence-electron chi connectivity index (χ3n) is 11.1. The fraction of sp³-hybridized carbons (Fsp3) is 0.657. The van der Waals surface area contributed by atoms with E-state index in [-0.39, 0.29) is 40.3 Å². The van der Waals surface area contributed by atoms with E-state index in [2.05, 4.69) is 32.0 Å². The number of benzene rings is 2. The number of fused-ring (bicyclic) bond motifs is 5. The second-order valence-electron chi connectivity index (χ2n) is 14.0.